The lowest BCUT2D eigenvalue weighted by molar-refractivity contribution is -0.120. The summed E-state index contributed by atoms with van der Waals surface area (Å²) >= 11 is 6.25. The van der Waals surface area contributed by atoms with E-state index in [1.54, 1.807) is 25.3 Å². The Hall–Kier alpha value is -2.49. The molecule has 0 spiro atoms. The topological polar surface area (TPSA) is 88.2 Å². The van der Waals surface area contributed by atoms with Crippen molar-refractivity contribution in [2.45, 2.75) is 6.42 Å². The molecule has 1 saturated heterocycles. The largest absolute Gasteiger partial charge is 0.493 e. The minimum Gasteiger partial charge on any atom is -0.493 e. The fourth-order valence-corrected chi connectivity index (χ4v) is 5.20. The maximum atomic E-state index is 12.7. The summed E-state index contributed by atoms with van der Waals surface area (Å²) in [6.45, 7) is 1.95. The van der Waals surface area contributed by atoms with Crippen molar-refractivity contribution in [3.63, 3.8) is 0 Å². The van der Waals surface area contributed by atoms with E-state index in [1.165, 1.54) is 11.4 Å². The van der Waals surface area contributed by atoms with Crippen LogP contribution in [-0.4, -0.2) is 71.3 Å². The molecule has 0 aromatic heterocycles. The summed E-state index contributed by atoms with van der Waals surface area (Å²) in [5, 5.41) is 3.34. The normalized spacial score (nSPS) is 14.8. The van der Waals surface area contributed by atoms with E-state index in [2.05, 4.69) is 10.2 Å². The molecular formula is C22H28ClN3O5S. The van der Waals surface area contributed by atoms with Crippen molar-refractivity contribution in [3.8, 4) is 11.5 Å². The lowest BCUT2D eigenvalue weighted by atomic mass is 10.1. The van der Waals surface area contributed by atoms with Crippen LogP contribution in [0.3, 0.4) is 0 Å². The minimum absolute atomic E-state index is 0.0547. The molecule has 1 amide bonds. The van der Waals surface area contributed by atoms with E-state index in [0.717, 1.165) is 11.3 Å². The molecule has 1 heterocycles. The maximum Gasteiger partial charge on any atom is 0.224 e. The zero-order valence-electron chi connectivity index (χ0n) is 18.2. The van der Waals surface area contributed by atoms with Gasteiger partial charge in [-0.1, -0.05) is 29.8 Å². The SMILES string of the molecule is COc1ccc(CC(=O)NCCS(=O)(=O)N2CCN(c3ccccc3Cl)CC2)cc1OC. The first-order chi connectivity index (χ1) is 15.3. The molecule has 0 aliphatic carbocycles. The standard InChI is InChI=1S/C22H28ClN3O5S/c1-30-20-8-7-17(15-21(20)31-2)16-22(27)24-9-14-32(28,29)26-12-10-25(11-13-26)19-6-4-3-5-18(19)23/h3-8,15H,9-14,16H2,1-2H3,(H,24,27). The zero-order chi connectivity index (χ0) is 23.1. The van der Waals surface area contributed by atoms with Crippen molar-refractivity contribution in [1.29, 1.82) is 0 Å². The highest BCUT2D eigenvalue weighted by Crippen LogP contribution is 2.28. The first-order valence-electron chi connectivity index (χ1n) is 10.3. The molecule has 2 aromatic carbocycles. The minimum atomic E-state index is -3.46. The quantitative estimate of drug-likeness (QED) is 0.590. The van der Waals surface area contributed by atoms with E-state index >= 15 is 0 Å². The van der Waals surface area contributed by atoms with E-state index < -0.39 is 10.0 Å². The fourth-order valence-electron chi connectivity index (χ4n) is 3.60. The number of halogens is 1. The summed E-state index contributed by atoms with van der Waals surface area (Å²) < 4.78 is 37.3. The molecule has 1 aliphatic rings. The number of rotatable bonds is 9. The first kappa shape index (κ1) is 24.2. The van der Waals surface area contributed by atoms with Gasteiger partial charge < -0.3 is 19.7 Å². The third-order valence-corrected chi connectivity index (χ3v) is 7.51. The van der Waals surface area contributed by atoms with E-state index in [0.29, 0.717) is 42.7 Å². The van der Waals surface area contributed by atoms with Crippen molar-refractivity contribution in [3.05, 3.63) is 53.1 Å². The Morgan fingerprint density at radius 3 is 2.38 bits per heavy atom. The number of piperazine rings is 1. The highest BCUT2D eigenvalue weighted by atomic mass is 35.5. The van der Waals surface area contributed by atoms with Gasteiger partial charge in [0.1, 0.15) is 0 Å². The monoisotopic (exact) mass is 481 g/mol. The second kappa shape index (κ2) is 10.9. The van der Waals surface area contributed by atoms with Gasteiger partial charge in [-0.2, -0.15) is 4.31 Å². The number of carbonyl (C=O) groups is 1. The second-order valence-electron chi connectivity index (χ2n) is 7.37. The molecule has 1 N–H and O–H groups in total. The number of sulfonamides is 1. The van der Waals surface area contributed by atoms with E-state index in [4.69, 9.17) is 21.1 Å². The van der Waals surface area contributed by atoms with Crippen LogP contribution in [0.25, 0.3) is 0 Å². The predicted octanol–water partition coefficient (Wildman–Crippen LogP) is 2.17. The lowest BCUT2D eigenvalue weighted by Crippen LogP contribution is -2.50. The van der Waals surface area contributed by atoms with Crippen molar-refractivity contribution < 1.29 is 22.7 Å². The molecule has 0 unspecified atom stereocenters. The van der Waals surface area contributed by atoms with Gasteiger partial charge in [0.2, 0.25) is 15.9 Å². The number of anilines is 1. The average Bonchev–Trinajstić information content (AvgIpc) is 2.79. The molecule has 174 valence electrons. The van der Waals surface area contributed by atoms with Crippen molar-refractivity contribution in [1.82, 2.24) is 9.62 Å². The van der Waals surface area contributed by atoms with Gasteiger partial charge in [0.25, 0.3) is 0 Å². The van der Waals surface area contributed by atoms with E-state index in [-0.39, 0.29) is 24.6 Å². The van der Waals surface area contributed by atoms with Crippen LogP contribution in [0.5, 0.6) is 11.5 Å². The van der Waals surface area contributed by atoms with Gasteiger partial charge in [0, 0.05) is 32.7 Å². The third kappa shape index (κ3) is 6.05. The molecule has 0 atom stereocenters. The molecule has 1 aliphatic heterocycles. The fraction of sp³-hybridized carbons (Fsp3) is 0.409. The molecule has 10 heteroatoms. The van der Waals surface area contributed by atoms with Gasteiger partial charge in [-0.05, 0) is 29.8 Å². The number of hydrogen-bond acceptors (Lipinski definition) is 6. The summed E-state index contributed by atoms with van der Waals surface area (Å²) in [6.07, 6.45) is 0.122. The highest BCUT2D eigenvalue weighted by Gasteiger charge is 2.27. The molecule has 0 saturated carbocycles. The Kier molecular flexibility index (Phi) is 8.22. The summed E-state index contributed by atoms with van der Waals surface area (Å²) in [5.41, 5.74) is 1.66. The summed E-state index contributed by atoms with van der Waals surface area (Å²) in [4.78, 5) is 14.3. The Morgan fingerprint density at radius 2 is 1.72 bits per heavy atom. The van der Waals surface area contributed by atoms with Crippen LogP contribution >= 0.6 is 11.6 Å². The molecule has 3 rings (SSSR count). The number of para-hydroxylation sites is 1. The van der Waals surface area contributed by atoms with Crippen LogP contribution in [0, 0.1) is 0 Å². The Balaban J connectivity index is 1.46. The van der Waals surface area contributed by atoms with Gasteiger partial charge in [-0.3, -0.25) is 4.79 Å². The van der Waals surface area contributed by atoms with Crippen LogP contribution < -0.4 is 19.7 Å². The number of methoxy groups -OCH3 is 2. The van der Waals surface area contributed by atoms with Gasteiger partial charge in [-0.15, -0.1) is 0 Å². The van der Waals surface area contributed by atoms with Crippen molar-refractivity contribution in [2.24, 2.45) is 0 Å². The predicted molar refractivity (Wildman–Crippen MR) is 125 cm³/mol. The van der Waals surface area contributed by atoms with Crippen molar-refractivity contribution in [2.75, 3.05) is 57.6 Å². The van der Waals surface area contributed by atoms with Crippen LogP contribution in [0.15, 0.2) is 42.5 Å². The number of ether oxygens (including phenoxy) is 2. The van der Waals surface area contributed by atoms with E-state index in [1.807, 2.05) is 24.3 Å². The number of carbonyl (C=O) groups excluding carboxylic acids is 1. The molecule has 32 heavy (non-hydrogen) atoms. The highest BCUT2D eigenvalue weighted by molar-refractivity contribution is 7.89. The number of nitrogens with zero attached hydrogens (tertiary/aromatic N) is 2. The van der Waals surface area contributed by atoms with Crippen LogP contribution in [0.2, 0.25) is 5.02 Å². The molecule has 0 radical (unpaired) electrons. The molecule has 8 nitrogen and oxygen atoms in total. The van der Waals surface area contributed by atoms with Gasteiger partial charge >= 0.3 is 0 Å². The number of nitrogens with one attached hydrogen (secondary N) is 1. The maximum absolute atomic E-state index is 12.7. The number of hydrogen-bond donors (Lipinski definition) is 1. The Bertz CT molecular complexity index is 1040. The lowest BCUT2D eigenvalue weighted by Gasteiger charge is -2.35. The van der Waals surface area contributed by atoms with Crippen LogP contribution in [0.4, 0.5) is 5.69 Å². The second-order valence-corrected chi connectivity index (χ2v) is 9.87. The molecular weight excluding hydrogens is 454 g/mol. The van der Waals surface area contributed by atoms with Gasteiger partial charge in [0.05, 0.1) is 37.1 Å². The molecule has 1 fully saturated rings. The Labute approximate surface area is 194 Å². The van der Waals surface area contributed by atoms with E-state index in [9.17, 15) is 13.2 Å². The van der Waals surface area contributed by atoms with Gasteiger partial charge in [-0.25, -0.2) is 8.42 Å². The van der Waals surface area contributed by atoms with Crippen molar-refractivity contribution >= 4 is 33.2 Å². The van der Waals surface area contributed by atoms with Crippen LogP contribution in [-0.2, 0) is 21.2 Å². The third-order valence-electron chi connectivity index (χ3n) is 5.32. The summed E-state index contributed by atoms with van der Waals surface area (Å²) in [5.74, 6) is 0.723. The summed E-state index contributed by atoms with van der Waals surface area (Å²) in [6, 6.07) is 12.8. The first-order valence-corrected chi connectivity index (χ1v) is 12.3. The number of amides is 1. The molecule has 0 bridgehead atoms. The summed E-state index contributed by atoms with van der Waals surface area (Å²) in [7, 11) is -0.393. The van der Waals surface area contributed by atoms with Crippen LogP contribution in [0.1, 0.15) is 5.56 Å². The number of benzene rings is 2. The Morgan fingerprint density at radius 1 is 1.03 bits per heavy atom. The smallest absolute Gasteiger partial charge is 0.224 e. The average molecular weight is 482 g/mol. The van der Waals surface area contributed by atoms with Gasteiger partial charge in [0.15, 0.2) is 11.5 Å². The molecule has 2 aromatic rings. The zero-order valence-corrected chi connectivity index (χ0v) is 19.8.